The summed E-state index contributed by atoms with van der Waals surface area (Å²) in [7, 11) is 0. The van der Waals surface area contributed by atoms with Crippen molar-refractivity contribution in [3.8, 4) is 0 Å². The van der Waals surface area contributed by atoms with Crippen molar-refractivity contribution in [2.75, 3.05) is 26.2 Å². The molecule has 1 aliphatic rings. The molecule has 1 fully saturated rings. The van der Waals surface area contributed by atoms with Gasteiger partial charge >= 0.3 is 0 Å². The molecule has 0 aromatic carbocycles. The monoisotopic (exact) mass is 270 g/mol. The maximum atomic E-state index is 5.62. The van der Waals surface area contributed by atoms with E-state index in [2.05, 4.69) is 44.8 Å². The Hall–Kier alpha value is -0.120. The highest BCUT2D eigenvalue weighted by Crippen LogP contribution is 2.17. The van der Waals surface area contributed by atoms with E-state index in [0.29, 0.717) is 18.2 Å². The van der Waals surface area contributed by atoms with Crippen LogP contribution in [-0.4, -0.2) is 49.3 Å². The van der Waals surface area contributed by atoms with E-state index in [1.54, 1.807) is 0 Å². The molecular formula is C16H34N2O. The van der Waals surface area contributed by atoms with E-state index in [9.17, 15) is 0 Å². The number of nitrogens with one attached hydrogen (secondary N) is 1. The van der Waals surface area contributed by atoms with Gasteiger partial charge in [0.1, 0.15) is 0 Å². The van der Waals surface area contributed by atoms with Crippen LogP contribution >= 0.6 is 0 Å². The zero-order valence-electron chi connectivity index (χ0n) is 13.6. The molecule has 2 atom stereocenters. The van der Waals surface area contributed by atoms with E-state index in [4.69, 9.17) is 4.74 Å². The quantitative estimate of drug-likeness (QED) is 0.686. The van der Waals surface area contributed by atoms with Crippen molar-refractivity contribution < 1.29 is 4.74 Å². The van der Waals surface area contributed by atoms with Crippen molar-refractivity contribution in [3.05, 3.63) is 0 Å². The zero-order valence-corrected chi connectivity index (χ0v) is 13.6. The van der Waals surface area contributed by atoms with Gasteiger partial charge in [0.2, 0.25) is 0 Å². The number of ether oxygens (including phenoxy) is 1. The minimum Gasteiger partial charge on any atom is -0.379 e. The highest BCUT2D eigenvalue weighted by atomic mass is 16.5. The van der Waals surface area contributed by atoms with Crippen LogP contribution in [0.2, 0.25) is 0 Å². The SMILES string of the molecule is CCC1CN(CCCCOC(C)C)C(C(C)C)CN1. The van der Waals surface area contributed by atoms with E-state index in [-0.39, 0.29) is 0 Å². The largest absolute Gasteiger partial charge is 0.379 e. The van der Waals surface area contributed by atoms with E-state index >= 15 is 0 Å². The van der Waals surface area contributed by atoms with Gasteiger partial charge in [0, 0.05) is 31.8 Å². The highest BCUT2D eigenvalue weighted by Gasteiger charge is 2.28. The number of piperazine rings is 1. The van der Waals surface area contributed by atoms with Crippen molar-refractivity contribution >= 4 is 0 Å². The van der Waals surface area contributed by atoms with Crippen molar-refractivity contribution in [2.45, 2.75) is 72.1 Å². The molecular weight excluding hydrogens is 236 g/mol. The van der Waals surface area contributed by atoms with Crippen LogP contribution in [-0.2, 0) is 4.74 Å². The van der Waals surface area contributed by atoms with Gasteiger partial charge in [0.15, 0.2) is 0 Å². The smallest absolute Gasteiger partial charge is 0.0518 e. The first kappa shape index (κ1) is 16.9. The molecule has 0 aromatic rings. The van der Waals surface area contributed by atoms with Gasteiger partial charge in [0.25, 0.3) is 0 Å². The number of hydrogen-bond acceptors (Lipinski definition) is 3. The summed E-state index contributed by atoms with van der Waals surface area (Å²) in [6, 6.07) is 1.38. The number of hydrogen-bond donors (Lipinski definition) is 1. The maximum Gasteiger partial charge on any atom is 0.0518 e. The lowest BCUT2D eigenvalue weighted by atomic mass is 9.97. The second-order valence-corrected chi connectivity index (χ2v) is 6.45. The van der Waals surface area contributed by atoms with E-state index in [0.717, 1.165) is 19.1 Å². The molecule has 1 aliphatic heterocycles. The highest BCUT2D eigenvalue weighted by molar-refractivity contribution is 4.87. The van der Waals surface area contributed by atoms with Gasteiger partial charge in [-0.1, -0.05) is 20.8 Å². The standard InChI is InChI=1S/C16H34N2O/c1-6-15-12-18(16(11-17-15)13(2)3)9-7-8-10-19-14(4)5/h13-17H,6-12H2,1-5H3. The van der Waals surface area contributed by atoms with Crippen LogP contribution in [0.5, 0.6) is 0 Å². The Kier molecular flexibility index (Phi) is 7.96. The summed E-state index contributed by atoms with van der Waals surface area (Å²) in [5.74, 6) is 0.734. The molecule has 3 nitrogen and oxygen atoms in total. The normalized spacial score (nSPS) is 25.4. The zero-order chi connectivity index (χ0) is 14.3. The van der Waals surface area contributed by atoms with Crippen LogP contribution in [0.1, 0.15) is 53.9 Å². The lowest BCUT2D eigenvalue weighted by Crippen LogP contribution is -2.58. The fourth-order valence-corrected chi connectivity index (χ4v) is 2.82. The summed E-state index contributed by atoms with van der Waals surface area (Å²) in [6.07, 6.45) is 4.04. The second kappa shape index (κ2) is 8.93. The molecule has 0 aliphatic carbocycles. The molecule has 0 aromatic heterocycles. The van der Waals surface area contributed by atoms with Crippen molar-refractivity contribution in [2.24, 2.45) is 5.92 Å². The molecule has 3 heteroatoms. The first-order valence-corrected chi connectivity index (χ1v) is 8.13. The third-order valence-corrected chi connectivity index (χ3v) is 4.09. The van der Waals surface area contributed by atoms with Gasteiger partial charge in [-0.05, 0) is 45.6 Å². The summed E-state index contributed by atoms with van der Waals surface area (Å²) in [5, 5.41) is 3.68. The Labute approximate surface area is 120 Å². The molecule has 0 amide bonds. The summed E-state index contributed by atoms with van der Waals surface area (Å²) >= 11 is 0. The fraction of sp³-hybridized carbons (Fsp3) is 1.00. The van der Waals surface area contributed by atoms with Crippen LogP contribution in [0.15, 0.2) is 0 Å². The Morgan fingerprint density at radius 3 is 2.53 bits per heavy atom. The number of nitrogens with zero attached hydrogens (tertiary/aromatic N) is 1. The van der Waals surface area contributed by atoms with Crippen molar-refractivity contribution in [3.63, 3.8) is 0 Å². The third-order valence-electron chi connectivity index (χ3n) is 4.09. The summed E-state index contributed by atoms with van der Waals surface area (Å²) in [5.41, 5.74) is 0. The lowest BCUT2D eigenvalue weighted by molar-refractivity contribution is 0.0654. The molecule has 1 heterocycles. The predicted molar refractivity (Wildman–Crippen MR) is 82.6 cm³/mol. The van der Waals surface area contributed by atoms with Gasteiger partial charge in [-0.2, -0.15) is 0 Å². The molecule has 0 spiro atoms. The number of unbranched alkanes of at least 4 members (excludes halogenated alkanes) is 1. The van der Waals surface area contributed by atoms with E-state index < -0.39 is 0 Å². The van der Waals surface area contributed by atoms with Gasteiger partial charge in [-0.3, -0.25) is 4.90 Å². The molecule has 19 heavy (non-hydrogen) atoms. The summed E-state index contributed by atoms with van der Waals surface area (Å²) < 4.78 is 5.62. The summed E-state index contributed by atoms with van der Waals surface area (Å²) in [4.78, 5) is 2.70. The number of rotatable bonds is 8. The first-order valence-electron chi connectivity index (χ1n) is 8.13. The lowest BCUT2D eigenvalue weighted by Gasteiger charge is -2.42. The molecule has 1 saturated heterocycles. The Morgan fingerprint density at radius 1 is 1.21 bits per heavy atom. The van der Waals surface area contributed by atoms with Crippen LogP contribution in [0.4, 0.5) is 0 Å². The minimum atomic E-state index is 0.368. The molecule has 0 radical (unpaired) electrons. The van der Waals surface area contributed by atoms with Gasteiger partial charge in [0.05, 0.1) is 6.10 Å². The fourth-order valence-electron chi connectivity index (χ4n) is 2.82. The Morgan fingerprint density at radius 2 is 1.95 bits per heavy atom. The van der Waals surface area contributed by atoms with Crippen LogP contribution in [0.3, 0.4) is 0 Å². The predicted octanol–water partition coefficient (Wildman–Crippen LogP) is 2.90. The molecule has 0 bridgehead atoms. The van der Waals surface area contributed by atoms with E-state index in [1.165, 1.54) is 32.4 Å². The van der Waals surface area contributed by atoms with Crippen molar-refractivity contribution in [1.82, 2.24) is 10.2 Å². The average molecular weight is 270 g/mol. The van der Waals surface area contributed by atoms with Crippen LogP contribution in [0.25, 0.3) is 0 Å². The molecule has 1 N–H and O–H groups in total. The molecule has 114 valence electrons. The van der Waals surface area contributed by atoms with Crippen molar-refractivity contribution in [1.29, 1.82) is 0 Å². The molecule has 1 rings (SSSR count). The van der Waals surface area contributed by atoms with Gasteiger partial charge in [-0.25, -0.2) is 0 Å². The Balaban J connectivity index is 2.29. The minimum absolute atomic E-state index is 0.368. The summed E-state index contributed by atoms with van der Waals surface area (Å²) in [6.45, 7) is 15.7. The van der Waals surface area contributed by atoms with Crippen LogP contribution < -0.4 is 5.32 Å². The average Bonchev–Trinajstić information content (AvgIpc) is 2.37. The maximum absolute atomic E-state index is 5.62. The first-order chi connectivity index (χ1) is 9.04. The van der Waals surface area contributed by atoms with Gasteiger partial charge in [-0.15, -0.1) is 0 Å². The van der Waals surface area contributed by atoms with Crippen LogP contribution in [0, 0.1) is 5.92 Å². The molecule has 2 unspecified atom stereocenters. The molecule has 0 saturated carbocycles. The topological polar surface area (TPSA) is 24.5 Å². The van der Waals surface area contributed by atoms with Gasteiger partial charge < -0.3 is 10.1 Å². The third kappa shape index (κ3) is 6.24. The Bertz CT molecular complexity index is 231. The second-order valence-electron chi connectivity index (χ2n) is 6.45. The van der Waals surface area contributed by atoms with E-state index in [1.807, 2.05) is 0 Å².